The first-order valence-electron chi connectivity index (χ1n) is 7.65. The molecule has 0 spiro atoms. The lowest BCUT2D eigenvalue weighted by molar-refractivity contribution is -0.385. The van der Waals surface area contributed by atoms with Gasteiger partial charge in [-0.05, 0) is 23.8 Å². The van der Waals surface area contributed by atoms with Crippen LogP contribution in [0, 0.1) is 15.9 Å². The van der Waals surface area contributed by atoms with E-state index in [0.717, 1.165) is 30.2 Å². The van der Waals surface area contributed by atoms with Gasteiger partial charge in [0.15, 0.2) is 11.5 Å². The summed E-state index contributed by atoms with van der Waals surface area (Å²) in [4.78, 5) is 22.0. The minimum absolute atomic E-state index is 0.159. The molecule has 25 heavy (non-hydrogen) atoms. The molecule has 0 aromatic heterocycles. The Morgan fingerprint density at radius 2 is 1.92 bits per heavy atom. The molecule has 2 aromatic rings. The Bertz CT molecular complexity index is 825. The van der Waals surface area contributed by atoms with Crippen LogP contribution < -0.4 is 14.8 Å². The van der Waals surface area contributed by atoms with E-state index < -0.39 is 22.3 Å². The van der Waals surface area contributed by atoms with Crippen molar-refractivity contribution in [2.75, 3.05) is 13.2 Å². The predicted molar refractivity (Wildman–Crippen MR) is 86.3 cm³/mol. The van der Waals surface area contributed by atoms with Gasteiger partial charge in [0, 0.05) is 19.0 Å². The van der Waals surface area contributed by atoms with Crippen molar-refractivity contribution < 1.29 is 23.6 Å². The second-order valence-electron chi connectivity index (χ2n) is 5.44. The molecule has 130 valence electrons. The number of carbonyl (C=O) groups is 1. The van der Waals surface area contributed by atoms with Gasteiger partial charge in [-0.25, -0.2) is 4.39 Å². The summed E-state index contributed by atoms with van der Waals surface area (Å²) >= 11 is 0. The van der Waals surface area contributed by atoms with Gasteiger partial charge < -0.3 is 14.8 Å². The summed E-state index contributed by atoms with van der Waals surface area (Å²) in [6.45, 7) is 1.30. The molecule has 0 saturated heterocycles. The first-order chi connectivity index (χ1) is 12.0. The van der Waals surface area contributed by atoms with Crippen LogP contribution in [0.3, 0.4) is 0 Å². The molecule has 1 heterocycles. The van der Waals surface area contributed by atoms with E-state index in [1.165, 1.54) is 0 Å². The molecule has 3 rings (SSSR count). The molecule has 1 aliphatic rings. The predicted octanol–water partition coefficient (Wildman–Crippen LogP) is 2.83. The van der Waals surface area contributed by atoms with Crippen LogP contribution in [0.2, 0.25) is 0 Å². The van der Waals surface area contributed by atoms with Crippen LogP contribution in [0.25, 0.3) is 0 Å². The number of rotatable bonds is 4. The third kappa shape index (κ3) is 3.85. The molecular weight excluding hydrogens is 331 g/mol. The van der Waals surface area contributed by atoms with Gasteiger partial charge in [-0.3, -0.25) is 14.9 Å². The van der Waals surface area contributed by atoms with Crippen LogP contribution in [0.5, 0.6) is 11.5 Å². The van der Waals surface area contributed by atoms with E-state index in [9.17, 15) is 19.3 Å². The largest absolute Gasteiger partial charge is 0.490 e. The average molecular weight is 346 g/mol. The molecule has 0 saturated carbocycles. The summed E-state index contributed by atoms with van der Waals surface area (Å²) in [5.74, 6) is -0.343. The van der Waals surface area contributed by atoms with Crippen LogP contribution in [-0.2, 0) is 6.54 Å². The van der Waals surface area contributed by atoms with Crippen LogP contribution in [0.4, 0.5) is 10.1 Å². The molecule has 8 heteroatoms. The number of carbonyl (C=O) groups excluding carboxylic acids is 1. The summed E-state index contributed by atoms with van der Waals surface area (Å²) in [6, 6.07) is 8.20. The van der Waals surface area contributed by atoms with Gasteiger partial charge in [0.25, 0.3) is 11.6 Å². The average Bonchev–Trinajstić information content (AvgIpc) is 2.84. The van der Waals surface area contributed by atoms with Gasteiger partial charge in [-0.1, -0.05) is 6.07 Å². The number of halogens is 1. The maximum absolute atomic E-state index is 13.9. The summed E-state index contributed by atoms with van der Waals surface area (Å²) in [7, 11) is 0. The van der Waals surface area contributed by atoms with Crippen molar-refractivity contribution in [3.8, 4) is 11.5 Å². The van der Waals surface area contributed by atoms with E-state index in [1.54, 1.807) is 18.2 Å². The Hall–Kier alpha value is -3.16. The van der Waals surface area contributed by atoms with Crippen LogP contribution in [-0.4, -0.2) is 24.0 Å². The van der Waals surface area contributed by atoms with Crippen molar-refractivity contribution in [1.29, 1.82) is 0 Å². The van der Waals surface area contributed by atoms with Crippen molar-refractivity contribution in [2.24, 2.45) is 0 Å². The molecular formula is C17H15FN2O5. The van der Waals surface area contributed by atoms with Gasteiger partial charge in [0.2, 0.25) is 0 Å². The Balaban J connectivity index is 1.68. The normalized spacial score (nSPS) is 13.0. The van der Waals surface area contributed by atoms with E-state index in [2.05, 4.69) is 5.32 Å². The lowest BCUT2D eigenvalue weighted by Gasteiger charge is -2.10. The quantitative estimate of drug-likeness (QED) is 0.679. The van der Waals surface area contributed by atoms with Crippen molar-refractivity contribution in [3.63, 3.8) is 0 Å². The van der Waals surface area contributed by atoms with E-state index in [0.29, 0.717) is 24.7 Å². The third-order valence-electron chi connectivity index (χ3n) is 3.67. The number of nitrogens with zero attached hydrogens (tertiary/aromatic N) is 1. The number of nitro groups is 1. The van der Waals surface area contributed by atoms with Crippen LogP contribution in [0.1, 0.15) is 22.3 Å². The Morgan fingerprint density at radius 1 is 1.16 bits per heavy atom. The molecule has 7 nitrogen and oxygen atoms in total. The van der Waals surface area contributed by atoms with Gasteiger partial charge in [0.1, 0.15) is 5.82 Å². The fourth-order valence-electron chi connectivity index (χ4n) is 2.40. The Morgan fingerprint density at radius 3 is 2.64 bits per heavy atom. The Kier molecular flexibility index (Phi) is 4.78. The van der Waals surface area contributed by atoms with Crippen LogP contribution >= 0.6 is 0 Å². The molecule has 0 unspecified atom stereocenters. The highest BCUT2D eigenvalue weighted by Crippen LogP contribution is 2.30. The SMILES string of the molecule is O=C(NCc1ccc2c(c1)OCCCO2)c1ccc([N+](=O)[O-])cc1F. The topological polar surface area (TPSA) is 90.7 Å². The monoisotopic (exact) mass is 346 g/mol. The second-order valence-corrected chi connectivity index (χ2v) is 5.44. The summed E-state index contributed by atoms with van der Waals surface area (Å²) in [5, 5.41) is 13.2. The molecule has 0 fully saturated rings. The lowest BCUT2D eigenvalue weighted by Crippen LogP contribution is -2.23. The summed E-state index contributed by atoms with van der Waals surface area (Å²) in [6.07, 6.45) is 0.792. The number of nitrogens with one attached hydrogen (secondary N) is 1. The third-order valence-corrected chi connectivity index (χ3v) is 3.67. The molecule has 2 aromatic carbocycles. The number of non-ortho nitro benzene ring substituents is 1. The summed E-state index contributed by atoms with van der Waals surface area (Å²) in [5.41, 5.74) is 0.108. The molecule has 0 aliphatic carbocycles. The molecule has 1 amide bonds. The fourth-order valence-corrected chi connectivity index (χ4v) is 2.40. The first-order valence-corrected chi connectivity index (χ1v) is 7.65. The number of ether oxygens (including phenoxy) is 2. The smallest absolute Gasteiger partial charge is 0.272 e. The van der Waals surface area contributed by atoms with E-state index in [4.69, 9.17) is 9.47 Å². The van der Waals surface area contributed by atoms with Crippen molar-refractivity contribution in [2.45, 2.75) is 13.0 Å². The van der Waals surface area contributed by atoms with Crippen molar-refractivity contribution in [1.82, 2.24) is 5.32 Å². The van der Waals surface area contributed by atoms with Crippen molar-refractivity contribution >= 4 is 11.6 Å². The number of hydrogen-bond acceptors (Lipinski definition) is 5. The Labute approximate surface area is 142 Å². The minimum Gasteiger partial charge on any atom is -0.490 e. The fraction of sp³-hybridized carbons (Fsp3) is 0.235. The second kappa shape index (κ2) is 7.16. The number of benzene rings is 2. The highest BCUT2D eigenvalue weighted by atomic mass is 19.1. The van der Waals surface area contributed by atoms with E-state index >= 15 is 0 Å². The zero-order chi connectivity index (χ0) is 17.8. The molecule has 0 bridgehead atoms. The van der Waals surface area contributed by atoms with Gasteiger partial charge >= 0.3 is 0 Å². The zero-order valence-corrected chi connectivity index (χ0v) is 13.2. The van der Waals surface area contributed by atoms with Gasteiger partial charge in [0.05, 0.1) is 29.8 Å². The lowest BCUT2D eigenvalue weighted by atomic mass is 10.1. The minimum atomic E-state index is -0.939. The van der Waals surface area contributed by atoms with Crippen LogP contribution in [0.15, 0.2) is 36.4 Å². The number of amides is 1. The summed E-state index contributed by atoms with van der Waals surface area (Å²) < 4.78 is 25.0. The molecule has 0 radical (unpaired) electrons. The molecule has 1 aliphatic heterocycles. The maximum atomic E-state index is 13.9. The number of fused-ring (bicyclic) bond motifs is 1. The van der Waals surface area contributed by atoms with E-state index in [1.807, 2.05) is 0 Å². The standard InChI is InChI=1S/C17H15FN2O5/c18-14-9-12(20(22)23)3-4-13(14)17(21)19-10-11-2-5-15-16(8-11)25-7-1-6-24-15/h2-5,8-9H,1,6-7,10H2,(H,19,21). The number of hydrogen-bond donors (Lipinski definition) is 1. The highest BCUT2D eigenvalue weighted by Gasteiger charge is 2.16. The van der Waals surface area contributed by atoms with Gasteiger partial charge in [-0.2, -0.15) is 0 Å². The first kappa shape index (κ1) is 16.7. The van der Waals surface area contributed by atoms with E-state index in [-0.39, 0.29) is 12.1 Å². The number of nitro benzene ring substituents is 1. The van der Waals surface area contributed by atoms with Gasteiger partial charge in [-0.15, -0.1) is 0 Å². The maximum Gasteiger partial charge on any atom is 0.272 e. The molecule has 0 atom stereocenters. The van der Waals surface area contributed by atoms with Crippen molar-refractivity contribution in [3.05, 3.63) is 63.5 Å². The highest BCUT2D eigenvalue weighted by molar-refractivity contribution is 5.94. The molecule has 1 N–H and O–H groups in total. The zero-order valence-electron chi connectivity index (χ0n) is 13.2.